The van der Waals surface area contributed by atoms with Crippen LogP contribution in [0.15, 0.2) is 31.6 Å². The van der Waals surface area contributed by atoms with E-state index in [0.29, 0.717) is 11.1 Å². The highest BCUT2D eigenvalue weighted by atomic mass is 16.5. The summed E-state index contributed by atoms with van der Waals surface area (Å²) in [6, 6.07) is 0. The summed E-state index contributed by atoms with van der Waals surface area (Å²) < 4.78 is 13.1. The van der Waals surface area contributed by atoms with E-state index in [4.69, 9.17) is 19.7 Å². The van der Waals surface area contributed by atoms with Crippen molar-refractivity contribution in [3.8, 4) is 0 Å². The van der Waals surface area contributed by atoms with E-state index < -0.39 is 59.4 Å². The maximum Gasteiger partial charge on any atom is 0.330 e. The Morgan fingerprint density at radius 3 is 1.44 bits per heavy atom. The number of ether oxygens (including phenoxy) is 2. The minimum absolute atomic E-state index is 0.205. The van der Waals surface area contributed by atoms with Crippen LogP contribution < -0.4 is 22.5 Å². The fraction of sp³-hybridized carbons (Fsp3) is 0.600. The van der Waals surface area contributed by atoms with Crippen molar-refractivity contribution in [2.75, 3.05) is 13.2 Å². The molecule has 34 heavy (non-hydrogen) atoms. The van der Waals surface area contributed by atoms with Gasteiger partial charge in [0, 0.05) is 36.4 Å². The Labute approximate surface area is 191 Å². The third-order valence-electron chi connectivity index (χ3n) is 5.68. The van der Waals surface area contributed by atoms with Gasteiger partial charge >= 0.3 is 11.4 Å². The van der Waals surface area contributed by atoms with E-state index in [1.54, 1.807) is 13.8 Å². The Balaban J connectivity index is 0.000000191. The van der Waals surface area contributed by atoms with Crippen molar-refractivity contribution in [3.05, 3.63) is 65.2 Å². The molecule has 0 bridgehead atoms. The zero-order valence-electron chi connectivity index (χ0n) is 18.6. The number of aromatic nitrogens is 4. The lowest BCUT2D eigenvalue weighted by Gasteiger charge is -2.14. The van der Waals surface area contributed by atoms with Crippen molar-refractivity contribution in [2.45, 2.75) is 63.6 Å². The van der Waals surface area contributed by atoms with Gasteiger partial charge in [0.25, 0.3) is 11.1 Å². The molecule has 0 aromatic carbocycles. The van der Waals surface area contributed by atoms with Gasteiger partial charge in [0.05, 0.1) is 25.4 Å². The summed E-state index contributed by atoms with van der Waals surface area (Å²) in [5, 5.41) is 37.0. The lowest BCUT2D eigenvalue weighted by atomic mass is 10.2. The second-order valence-corrected chi connectivity index (χ2v) is 8.19. The molecule has 2 aliphatic heterocycles. The summed E-state index contributed by atoms with van der Waals surface area (Å²) in [4.78, 5) is 49.8. The molecule has 0 amide bonds. The SMILES string of the molecule is Cc1cn([C@H]2C[C@H](O)[C@@H](CO)O2)c(=O)[nH]c1=O.Cc1cn([C@H]2C[C@H](O)[C@@H](CO)O2)c(=O)[nH]c1=O. The van der Waals surface area contributed by atoms with Crippen molar-refractivity contribution in [1.29, 1.82) is 0 Å². The number of aliphatic hydroxyl groups excluding tert-OH is 4. The summed E-state index contributed by atoms with van der Waals surface area (Å²) in [5.41, 5.74) is -1.29. The van der Waals surface area contributed by atoms with E-state index in [0.717, 1.165) is 0 Å². The van der Waals surface area contributed by atoms with Crippen LogP contribution in [0, 0.1) is 13.8 Å². The molecule has 2 saturated heterocycles. The Hall–Kier alpha value is -2.88. The maximum absolute atomic E-state index is 11.6. The molecule has 6 atom stereocenters. The Morgan fingerprint density at radius 1 is 0.794 bits per heavy atom. The van der Waals surface area contributed by atoms with Crippen LogP contribution in [0.3, 0.4) is 0 Å². The number of aryl methyl sites for hydroxylation is 2. The Kier molecular flexibility index (Phi) is 8.01. The molecule has 6 N–H and O–H groups in total. The number of hydrogen-bond donors (Lipinski definition) is 6. The van der Waals surface area contributed by atoms with E-state index in [-0.39, 0.29) is 26.1 Å². The average Bonchev–Trinajstić information content (AvgIpc) is 3.35. The second kappa shape index (κ2) is 10.6. The van der Waals surface area contributed by atoms with Crippen molar-refractivity contribution in [3.63, 3.8) is 0 Å². The number of nitrogens with zero attached hydrogens (tertiary/aromatic N) is 2. The summed E-state index contributed by atoms with van der Waals surface area (Å²) in [5.74, 6) is 0. The van der Waals surface area contributed by atoms with Gasteiger partial charge in [-0.3, -0.25) is 28.7 Å². The smallest absolute Gasteiger partial charge is 0.330 e. The van der Waals surface area contributed by atoms with Crippen molar-refractivity contribution < 1.29 is 29.9 Å². The molecule has 0 radical (unpaired) electrons. The monoisotopic (exact) mass is 484 g/mol. The molecule has 14 nitrogen and oxygen atoms in total. The van der Waals surface area contributed by atoms with Crippen LogP contribution >= 0.6 is 0 Å². The molecule has 2 aromatic rings. The van der Waals surface area contributed by atoms with Crippen molar-refractivity contribution >= 4 is 0 Å². The van der Waals surface area contributed by atoms with Gasteiger partial charge in [-0.05, 0) is 13.8 Å². The Bertz CT molecular complexity index is 1140. The molecule has 4 heterocycles. The first kappa shape index (κ1) is 25.7. The van der Waals surface area contributed by atoms with Gasteiger partial charge in [0.2, 0.25) is 0 Å². The highest BCUT2D eigenvalue weighted by Gasteiger charge is 2.36. The summed E-state index contributed by atoms with van der Waals surface area (Å²) in [6.07, 6.45) is -1.16. The molecular weight excluding hydrogens is 456 g/mol. The topological polar surface area (TPSA) is 209 Å². The van der Waals surface area contributed by atoms with Gasteiger partial charge in [-0.1, -0.05) is 0 Å². The maximum atomic E-state index is 11.6. The first-order valence-corrected chi connectivity index (χ1v) is 10.6. The van der Waals surface area contributed by atoms with Crippen LogP contribution in [-0.2, 0) is 9.47 Å². The van der Waals surface area contributed by atoms with Gasteiger partial charge in [-0.25, -0.2) is 9.59 Å². The fourth-order valence-corrected chi connectivity index (χ4v) is 3.70. The summed E-state index contributed by atoms with van der Waals surface area (Å²) in [7, 11) is 0. The number of aliphatic hydroxyl groups is 4. The van der Waals surface area contributed by atoms with E-state index in [1.165, 1.54) is 21.5 Å². The molecule has 0 aliphatic carbocycles. The van der Waals surface area contributed by atoms with Crippen LogP contribution in [0.5, 0.6) is 0 Å². The average molecular weight is 484 g/mol. The molecule has 14 heteroatoms. The number of H-pyrrole nitrogens is 2. The minimum Gasteiger partial charge on any atom is -0.394 e. The molecule has 188 valence electrons. The molecule has 2 fully saturated rings. The highest BCUT2D eigenvalue weighted by molar-refractivity contribution is 5.03. The third-order valence-corrected chi connectivity index (χ3v) is 5.68. The van der Waals surface area contributed by atoms with Gasteiger partial charge in [-0.15, -0.1) is 0 Å². The van der Waals surface area contributed by atoms with E-state index in [1.807, 2.05) is 0 Å². The van der Waals surface area contributed by atoms with Gasteiger partial charge < -0.3 is 29.9 Å². The van der Waals surface area contributed by atoms with Crippen LogP contribution in [0.2, 0.25) is 0 Å². The predicted octanol–water partition coefficient (Wildman–Crippen LogP) is -3.03. The lowest BCUT2D eigenvalue weighted by Crippen LogP contribution is -2.33. The van der Waals surface area contributed by atoms with Crippen LogP contribution in [0.4, 0.5) is 0 Å². The minimum atomic E-state index is -0.816. The first-order chi connectivity index (χ1) is 16.0. The predicted molar refractivity (Wildman–Crippen MR) is 115 cm³/mol. The quantitative estimate of drug-likeness (QED) is 0.258. The zero-order chi connectivity index (χ0) is 25.2. The number of nitrogens with one attached hydrogen (secondary N) is 2. The third kappa shape index (κ3) is 5.43. The Morgan fingerprint density at radius 2 is 1.15 bits per heavy atom. The summed E-state index contributed by atoms with van der Waals surface area (Å²) >= 11 is 0. The van der Waals surface area contributed by atoms with Crippen LogP contribution in [0.25, 0.3) is 0 Å². The number of rotatable bonds is 4. The highest BCUT2D eigenvalue weighted by Crippen LogP contribution is 2.28. The first-order valence-electron chi connectivity index (χ1n) is 10.6. The van der Waals surface area contributed by atoms with E-state index in [9.17, 15) is 29.4 Å². The number of hydrogen-bond acceptors (Lipinski definition) is 10. The standard InChI is InChI=1S/2C10H14N2O5/c2*1-5-3-12(10(16)11-9(5)15)8-2-6(14)7(4-13)17-8/h2*3,6-8,13-14H,2,4H2,1H3,(H,11,15,16)/t2*6-,7+,8+/m00/s1. The molecular formula is C20H28N4O10. The van der Waals surface area contributed by atoms with Gasteiger partial charge in [-0.2, -0.15) is 0 Å². The zero-order valence-corrected chi connectivity index (χ0v) is 18.6. The molecule has 0 saturated carbocycles. The second-order valence-electron chi connectivity index (χ2n) is 8.19. The normalized spacial score (nSPS) is 28.5. The summed E-state index contributed by atoms with van der Waals surface area (Å²) in [6.45, 7) is 2.52. The van der Waals surface area contributed by atoms with E-state index >= 15 is 0 Å². The lowest BCUT2D eigenvalue weighted by molar-refractivity contribution is -0.0459. The van der Waals surface area contributed by atoms with Crippen molar-refractivity contribution in [2.24, 2.45) is 0 Å². The van der Waals surface area contributed by atoms with Crippen LogP contribution in [-0.4, -0.2) is 77.2 Å². The van der Waals surface area contributed by atoms with Crippen LogP contribution in [0.1, 0.15) is 36.4 Å². The van der Waals surface area contributed by atoms with E-state index in [2.05, 4.69) is 9.97 Å². The largest absolute Gasteiger partial charge is 0.394 e. The van der Waals surface area contributed by atoms with Crippen molar-refractivity contribution in [1.82, 2.24) is 19.1 Å². The molecule has 0 spiro atoms. The molecule has 4 rings (SSSR count). The number of aromatic amines is 2. The van der Waals surface area contributed by atoms with Gasteiger partial charge in [0.1, 0.15) is 24.7 Å². The van der Waals surface area contributed by atoms with Gasteiger partial charge in [0.15, 0.2) is 0 Å². The molecule has 2 aliphatic rings. The fourth-order valence-electron chi connectivity index (χ4n) is 3.70. The molecule has 0 unspecified atom stereocenters. The molecule has 2 aromatic heterocycles.